The first kappa shape index (κ1) is 11.7. The van der Waals surface area contributed by atoms with Crippen LogP contribution < -0.4 is 11.3 Å². The quantitative estimate of drug-likeness (QED) is 0.736. The Bertz CT molecular complexity index is 492. The van der Waals surface area contributed by atoms with E-state index < -0.39 is 9.84 Å². The minimum absolute atomic E-state index is 0.0648. The van der Waals surface area contributed by atoms with Crippen molar-refractivity contribution in [3.63, 3.8) is 0 Å². The molecule has 0 aromatic carbocycles. The number of aryl methyl sites for hydroxylation is 1. The van der Waals surface area contributed by atoms with Crippen molar-refractivity contribution in [3.05, 3.63) is 22.6 Å². The van der Waals surface area contributed by atoms with Crippen LogP contribution in [0, 0.1) is 0 Å². The minimum atomic E-state index is -3.08. The highest BCUT2D eigenvalue weighted by molar-refractivity contribution is 7.91. The topological polar surface area (TPSA) is 95.1 Å². The highest BCUT2D eigenvalue weighted by atomic mass is 32.2. The molecule has 0 aliphatic heterocycles. The number of anilines is 1. The maximum atomic E-state index is 11.3. The normalized spacial score (nSPS) is 11.5. The molecule has 0 aliphatic rings. The van der Waals surface area contributed by atoms with Crippen LogP contribution in [0.25, 0.3) is 0 Å². The maximum absolute atomic E-state index is 11.3. The number of nitrogens with two attached hydrogens (primary N) is 1. The molecule has 2 N–H and O–H groups in total. The summed E-state index contributed by atoms with van der Waals surface area (Å²) in [4.78, 5) is 11.3. The highest BCUT2D eigenvalue weighted by Gasteiger charge is 2.08. The van der Waals surface area contributed by atoms with E-state index in [4.69, 9.17) is 5.73 Å². The molecule has 84 valence electrons. The van der Waals surface area contributed by atoms with Crippen LogP contribution in [0.1, 0.15) is 6.92 Å². The SMILES string of the molecule is CCS(=O)(=O)CCn1ncc(N)cc1=O. The summed E-state index contributed by atoms with van der Waals surface area (Å²) in [5.41, 5.74) is 5.23. The Morgan fingerprint density at radius 2 is 2.20 bits per heavy atom. The van der Waals surface area contributed by atoms with Gasteiger partial charge in [-0.25, -0.2) is 13.1 Å². The van der Waals surface area contributed by atoms with Crippen molar-refractivity contribution >= 4 is 15.5 Å². The predicted molar refractivity (Wildman–Crippen MR) is 57.2 cm³/mol. The molecule has 0 atom stereocenters. The van der Waals surface area contributed by atoms with Crippen molar-refractivity contribution in [1.29, 1.82) is 0 Å². The van der Waals surface area contributed by atoms with Gasteiger partial charge in [-0.2, -0.15) is 5.10 Å². The van der Waals surface area contributed by atoms with Gasteiger partial charge in [-0.05, 0) is 0 Å². The molecule has 1 rings (SSSR count). The Morgan fingerprint density at radius 3 is 2.73 bits per heavy atom. The molecular formula is C8H13N3O3S. The summed E-state index contributed by atoms with van der Waals surface area (Å²) in [5, 5.41) is 3.73. The lowest BCUT2D eigenvalue weighted by Gasteiger charge is -2.03. The molecule has 0 saturated heterocycles. The zero-order chi connectivity index (χ0) is 11.5. The second-order valence-corrected chi connectivity index (χ2v) is 5.56. The van der Waals surface area contributed by atoms with Crippen molar-refractivity contribution in [2.24, 2.45) is 0 Å². The Morgan fingerprint density at radius 1 is 1.53 bits per heavy atom. The number of hydrogen-bond acceptors (Lipinski definition) is 5. The molecule has 1 aromatic rings. The molecule has 0 amide bonds. The van der Waals surface area contributed by atoms with Crippen LogP contribution in [0.5, 0.6) is 0 Å². The van der Waals surface area contributed by atoms with Gasteiger partial charge in [0.25, 0.3) is 5.56 Å². The van der Waals surface area contributed by atoms with E-state index in [9.17, 15) is 13.2 Å². The summed E-state index contributed by atoms with van der Waals surface area (Å²) < 4.78 is 23.5. The Kier molecular flexibility index (Phi) is 3.46. The van der Waals surface area contributed by atoms with Gasteiger partial charge in [-0.1, -0.05) is 6.92 Å². The van der Waals surface area contributed by atoms with Gasteiger partial charge in [-0.3, -0.25) is 4.79 Å². The fourth-order valence-corrected chi connectivity index (χ4v) is 1.73. The molecule has 0 radical (unpaired) electrons. The van der Waals surface area contributed by atoms with E-state index in [1.54, 1.807) is 6.92 Å². The van der Waals surface area contributed by atoms with E-state index in [1.165, 1.54) is 12.3 Å². The molecule has 15 heavy (non-hydrogen) atoms. The third-order valence-corrected chi connectivity index (χ3v) is 3.63. The standard InChI is InChI=1S/C8H13N3O3S/c1-2-15(13,14)4-3-11-8(12)5-7(9)6-10-11/h5-6H,2-4,9H2,1H3. The van der Waals surface area contributed by atoms with E-state index in [0.717, 1.165) is 4.68 Å². The van der Waals surface area contributed by atoms with Crippen LogP contribution >= 0.6 is 0 Å². The zero-order valence-corrected chi connectivity index (χ0v) is 9.20. The van der Waals surface area contributed by atoms with Crippen molar-refractivity contribution in [2.75, 3.05) is 17.2 Å². The third-order valence-electron chi connectivity index (χ3n) is 1.94. The number of sulfone groups is 1. The molecule has 0 spiro atoms. The largest absolute Gasteiger partial charge is 0.397 e. The predicted octanol–water partition coefficient (Wildman–Crippen LogP) is -0.740. The second kappa shape index (κ2) is 4.43. The summed E-state index contributed by atoms with van der Waals surface area (Å²) in [6, 6.07) is 1.21. The number of aromatic nitrogens is 2. The van der Waals surface area contributed by atoms with Gasteiger partial charge in [-0.15, -0.1) is 0 Å². The van der Waals surface area contributed by atoms with E-state index in [0.29, 0.717) is 0 Å². The lowest BCUT2D eigenvalue weighted by atomic mass is 10.5. The Hall–Kier alpha value is -1.37. The van der Waals surface area contributed by atoms with Crippen LogP contribution in [0.3, 0.4) is 0 Å². The molecule has 6 nitrogen and oxygen atoms in total. The van der Waals surface area contributed by atoms with Crippen LogP contribution in [0.4, 0.5) is 5.69 Å². The summed E-state index contributed by atoms with van der Waals surface area (Å²) in [7, 11) is -3.08. The molecular weight excluding hydrogens is 218 g/mol. The van der Waals surface area contributed by atoms with Crippen LogP contribution in [0.2, 0.25) is 0 Å². The number of rotatable bonds is 4. The average molecular weight is 231 g/mol. The zero-order valence-electron chi connectivity index (χ0n) is 8.38. The summed E-state index contributed by atoms with van der Waals surface area (Å²) >= 11 is 0. The van der Waals surface area contributed by atoms with Crippen molar-refractivity contribution in [3.8, 4) is 0 Å². The maximum Gasteiger partial charge on any atom is 0.268 e. The Balaban J connectivity index is 2.79. The van der Waals surface area contributed by atoms with E-state index >= 15 is 0 Å². The average Bonchev–Trinajstić information content (AvgIpc) is 2.16. The van der Waals surface area contributed by atoms with Gasteiger partial charge in [0, 0.05) is 11.8 Å². The first-order chi connectivity index (χ1) is 6.94. The molecule has 7 heteroatoms. The lowest BCUT2D eigenvalue weighted by molar-refractivity contribution is 0.572. The van der Waals surface area contributed by atoms with Crippen molar-refractivity contribution < 1.29 is 8.42 Å². The smallest absolute Gasteiger partial charge is 0.268 e. The van der Waals surface area contributed by atoms with E-state index in [-0.39, 0.29) is 29.3 Å². The van der Waals surface area contributed by atoms with E-state index in [1.807, 2.05) is 0 Å². The molecule has 0 aliphatic carbocycles. The molecule has 0 saturated carbocycles. The minimum Gasteiger partial charge on any atom is -0.397 e. The highest BCUT2D eigenvalue weighted by Crippen LogP contribution is 1.93. The van der Waals surface area contributed by atoms with Crippen molar-refractivity contribution in [1.82, 2.24) is 9.78 Å². The van der Waals surface area contributed by atoms with Gasteiger partial charge in [0.2, 0.25) is 0 Å². The van der Waals surface area contributed by atoms with Gasteiger partial charge < -0.3 is 5.73 Å². The van der Waals surface area contributed by atoms with Gasteiger partial charge in [0.15, 0.2) is 9.84 Å². The molecule has 1 aromatic heterocycles. The first-order valence-corrected chi connectivity index (χ1v) is 6.30. The molecule has 0 bridgehead atoms. The second-order valence-electron chi connectivity index (χ2n) is 3.09. The summed E-state index contributed by atoms with van der Waals surface area (Å²) in [6.07, 6.45) is 1.32. The summed E-state index contributed by atoms with van der Waals surface area (Å²) in [6.45, 7) is 1.63. The first-order valence-electron chi connectivity index (χ1n) is 4.47. The summed E-state index contributed by atoms with van der Waals surface area (Å²) in [5.74, 6) is -0.0168. The monoisotopic (exact) mass is 231 g/mol. The molecule has 0 fully saturated rings. The van der Waals surface area contributed by atoms with Crippen LogP contribution in [0.15, 0.2) is 17.1 Å². The molecule has 1 heterocycles. The number of nitrogens with zero attached hydrogens (tertiary/aromatic N) is 2. The van der Waals surface area contributed by atoms with Crippen LogP contribution in [-0.4, -0.2) is 29.7 Å². The van der Waals surface area contributed by atoms with Gasteiger partial charge in [0.1, 0.15) is 0 Å². The molecule has 0 unspecified atom stereocenters. The Labute approximate surface area is 87.6 Å². The van der Waals surface area contributed by atoms with Gasteiger partial charge >= 0.3 is 0 Å². The van der Waals surface area contributed by atoms with Crippen molar-refractivity contribution in [2.45, 2.75) is 13.5 Å². The lowest BCUT2D eigenvalue weighted by Crippen LogP contribution is -2.26. The fraction of sp³-hybridized carbons (Fsp3) is 0.500. The van der Waals surface area contributed by atoms with E-state index in [2.05, 4.69) is 5.10 Å². The number of hydrogen-bond donors (Lipinski definition) is 1. The van der Waals surface area contributed by atoms with Gasteiger partial charge in [0.05, 0.1) is 24.2 Å². The number of nitrogen functional groups attached to an aromatic ring is 1. The fourth-order valence-electron chi connectivity index (χ4n) is 0.985. The van der Waals surface area contributed by atoms with Crippen LogP contribution in [-0.2, 0) is 16.4 Å². The third kappa shape index (κ3) is 3.35.